The fourth-order valence-electron chi connectivity index (χ4n) is 2.34. The second-order valence-corrected chi connectivity index (χ2v) is 8.25. The van der Waals surface area contributed by atoms with Crippen LogP contribution in [0.25, 0.3) is 0 Å². The van der Waals surface area contributed by atoms with Gasteiger partial charge in [0.05, 0.1) is 23.8 Å². The summed E-state index contributed by atoms with van der Waals surface area (Å²) in [4.78, 5) is 12.2. The number of amides is 1. The number of rotatable bonds is 7. The predicted octanol–water partition coefficient (Wildman–Crippen LogP) is 3.53. The summed E-state index contributed by atoms with van der Waals surface area (Å²) in [6, 6.07) is 9.67. The van der Waals surface area contributed by atoms with Crippen molar-refractivity contribution >= 4 is 27.3 Å². The maximum absolute atomic E-state index is 13.7. The number of hydrogen-bond acceptors (Lipinski definition) is 4. The molecule has 0 aliphatic heterocycles. The molecule has 1 atom stereocenters. The summed E-state index contributed by atoms with van der Waals surface area (Å²) in [7, 11) is -2.22. The molecule has 0 radical (unpaired) electrons. The Morgan fingerprint density at radius 2 is 1.88 bits per heavy atom. The Balaban J connectivity index is 1.95. The van der Waals surface area contributed by atoms with E-state index in [2.05, 4.69) is 5.32 Å². The molecule has 0 bridgehead atoms. The highest BCUT2D eigenvalue weighted by atomic mass is 35.5. The minimum absolute atomic E-state index is 0.111. The minimum Gasteiger partial charge on any atom is -0.494 e. The number of benzene rings is 2. The van der Waals surface area contributed by atoms with Gasteiger partial charge in [-0.25, -0.2) is 12.8 Å². The molecule has 0 saturated heterocycles. The Hall–Kier alpha value is -2.12. The van der Waals surface area contributed by atoms with E-state index in [1.54, 1.807) is 13.0 Å². The zero-order valence-electron chi connectivity index (χ0n) is 14.3. The van der Waals surface area contributed by atoms with Gasteiger partial charge in [-0.05, 0) is 48.9 Å². The molecule has 0 aliphatic rings. The summed E-state index contributed by atoms with van der Waals surface area (Å²) in [5.41, 5.74) is 0.553. The smallest absolute Gasteiger partial charge is 0.221 e. The number of methoxy groups -OCH3 is 1. The van der Waals surface area contributed by atoms with Gasteiger partial charge in [0, 0.05) is 11.4 Å². The quantitative estimate of drug-likeness (QED) is 0.773. The van der Waals surface area contributed by atoms with Crippen LogP contribution < -0.4 is 10.1 Å². The highest BCUT2D eigenvalue weighted by Gasteiger charge is 2.18. The van der Waals surface area contributed by atoms with Gasteiger partial charge in [-0.15, -0.1) is 0 Å². The lowest BCUT2D eigenvalue weighted by molar-refractivity contribution is -0.121. The summed E-state index contributed by atoms with van der Waals surface area (Å²) >= 11 is 5.74. The van der Waals surface area contributed by atoms with Gasteiger partial charge in [-0.1, -0.05) is 17.7 Å². The minimum atomic E-state index is -3.58. The van der Waals surface area contributed by atoms with Crippen molar-refractivity contribution in [1.82, 2.24) is 5.32 Å². The lowest BCUT2D eigenvalue weighted by atomic mass is 10.1. The highest BCUT2D eigenvalue weighted by Crippen LogP contribution is 2.22. The molecule has 5 nitrogen and oxygen atoms in total. The third-order valence-corrected chi connectivity index (χ3v) is 5.81. The summed E-state index contributed by atoms with van der Waals surface area (Å²) in [6.45, 7) is 1.69. The molecule has 0 aliphatic carbocycles. The summed E-state index contributed by atoms with van der Waals surface area (Å²) in [5.74, 6) is -1.19. The number of ether oxygens (including phenoxy) is 1. The zero-order valence-corrected chi connectivity index (χ0v) is 15.9. The van der Waals surface area contributed by atoms with Crippen LogP contribution in [0.1, 0.15) is 24.9 Å². The van der Waals surface area contributed by atoms with E-state index in [1.165, 1.54) is 43.5 Å². The van der Waals surface area contributed by atoms with Gasteiger partial charge in [0.2, 0.25) is 5.91 Å². The first-order valence-electron chi connectivity index (χ1n) is 7.84. The maximum atomic E-state index is 13.7. The number of carbonyl (C=O) groups excluding carboxylic acids is 1. The number of nitrogens with one attached hydrogen (secondary N) is 1. The molecule has 8 heteroatoms. The Labute approximate surface area is 157 Å². The largest absolute Gasteiger partial charge is 0.494 e. The zero-order chi connectivity index (χ0) is 19.3. The Morgan fingerprint density at radius 3 is 2.46 bits per heavy atom. The average molecular weight is 400 g/mol. The second-order valence-electron chi connectivity index (χ2n) is 5.71. The summed E-state index contributed by atoms with van der Waals surface area (Å²) in [6.07, 6.45) is -0.200. The second kappa shape index (κ2) is 8.51. The van der Waals surface area contributed by atoms with Crippen molar-refractivity contribution in [2.75, 3.05) is 12.9 Å². The van der Waals surface area contributed by atoms with E-state index in [0.717, 1.165) is 0 Å². The van der Waals surface area contributed by atoms with Gasteiger partial charge in [0.15, 0.2) is 21.4 Å². The normalized spacial score (nSPS) is 12.5. The van der Waals surface area contributed by atoms with E-state index in [1.807, 2.05) is 0 Å². The first kappa shape index (κ1) is 20.2. The van der Waals surface area contributed by atoms with E-state index in [0.29, 0.717) is 10.6 Å². The monoisotopic (exact) mass is 399 g/mol. The average Bonchev–Trinajstić information content (AvgIpc) is 2.60. The molecule has 1 N–H and O–H groups in total. The topological polar surface area (TPSA) is 72.5 Å². The van der Waals surface area contributed by atoms with Gasteiger partial charge < -0.3 is 10.1 Å². The maximum Gasteiger partial charge on any atom is 0.221 e. The fraction of sp³-hybridized carbons (Fsp3) is 0.278. The van der Waals surface area contributed by atoms with Crippen LogP contribution in [0.2, 0.25) is 5.02 Å². The third-order valence-electron chi connectivity index (χ3n) is 3.82. The van der Waals surface area contributed by atoms with Gasteiger partial charge in [0.25, 0.3) is 0 Å². The molecule has 140 valence electrons. The number of carbonyl (C=O) groups is 1. The molecule has 2 aromatic carbocycles. The van der Waals surface area contributed by atoms with Crippen LogP contribution in [0.4, 0.5) is 4.39 Å². The van der Waals surface area contributed by atoms with Crippen LogP contribution in [0.5, 0.6) is 5.75 Å². The molecule has 2 rings (SSSR count). The molecule has 0 heterocycles. The van der Waals surface area contributed by atoms with Gasteiger partial charge in [0.1, 0.15) is 0 Å². The van der Waals surface area contributed by atoms with Crippen LogP contribution in [0.3, 0.4) is 0 Å². The van der Waals surface area contributed by atoms with Crippen molar-refractivity contribution in [3.63, 3.8) is 0 Å². The van der Waals surface area contributed by atoms with Crippen molar-refractivity contribution in [2.45, 2.75) is 24.3 Å². The van der Waals surface area contributed by atoms with Crippen LogP contribution in [0, 0.1) is 5.82 Å². The number of sulfone groups is 1. The van der Waals surface area contributed by atoms with Crippen molar-refractivity contribution < 1.29 is 22.3 Å². The van der Waals surface area contributed by atoms with E-state index >= 15 is 0 Å². The Bertz CT molecular complexity index is 885. The number of halogens is 2. The van der Waals surface area contributed by atoms with Crippen molar-refractivity contribution in [3.05, 3.63) is 58.9 Å². The van der Waals surface area contributed by atoms with Crippen LogP contribution in [-0.4, -0.2) is 27.2 Å². The lowest BCUT2D eigenvalue weighted by Gasteiger charge is -2.15. The van der Waals surface area contributed by atoms with Crippen molar-refractivity contribution in [3.8, 4) is 5.75 Å². The van der Waals surface area contributed by atoms with Gasteiger partial charge in [-0.2, -0.15) is 0 Å². The molecular weight excluding hydrogens is 381 g/mol. The SMILES string of the molecule is COc1ccc([C@@H](C)NC(=O)CCS(=O)(=O)c2ccc(Cl)cc2)cc1F. The van der Waals surface area contributed by atoms with E-state index in [9.17, 15) is 17.6 Å². The first-order valence-corrected chi connectivity index (χ1v) is 9.87. The Morgan fingerprint density at radius 1 is 1.23 bits per heavy atom. The van der Waals surface area contributed by atoms with Crippen molar-refractivity contribution in [1.29, 1.82) is 0 Å². The van der Waals surface area contributed by atoms with E-state index in [4.69, 9.17) is 16.3 Å². The molecule has 0 fully saturated rings. The molecule has 0 unspecified atom stereocenters. The molecular formula is C18H19ClFNO4S. The standard InChI is InChI=1S/C18H19ClFNO4S/c1-12(13-3-8-17(25-2)16(20)11-13)21-18(22)9-10-26(23,24)15-6-4-14(19)5-7-15/h3-8,11-12H,9-10H2,1-2H3,(H,21,22)/t12-/m1/s1. The third kappa shape index (κ3) is 5.19. The fourth-order valence-corrected chi connectivity index (χ4v) is 3.70. The number of hydrogen-bond donors (Lipinski definition) is 1. The Kier molecular flexibility index (Phi) is 6.61. The summed E-state index contributed by atoms with van der Waals surface area (Å²) in [5, 5.41) is 3.09. The molecule has 0 spiro atoms. The van der Waals surface area contributed by atoms with E-state index < -0.39 is 27.6 Å². The molecule has 26 heavy (non-hydrogen) atoms. The molecule has 2 aromatic rings. The van der Waals surface area contributed by atoms with Crippen molar-refractivity contribution in [2.24, 2.45) is 0 Å². The summed E-state index contributed by atoms with van der Waals surface area (Å²) < 4.78 is 43.1. The predicted molar refractivity (Wildman–Crippen MR) is 97.6 cm³/mol. The molecule has 1 amide bonds. The first-order chi connectivity index (χ1) is 12.2. The van der Waals surface area contributed by atoms with Gasteiger partial charge >= 0.3 is 0 Å². The van der Waals surface area contributed by atoms with Crippen LogP contribution in [-0.2, 0) is 14.6 Å². The van der Waals surface area contributed by atoms with Gasteiger partial charge in [-0.3, -0.25) is 4.79 Å². The van der Waals surface area contributed by atoms with Crippen LogP contribution >= 0.6 is 11.6 Å². The lowest BCUT2D eigenvalue weighted by Crippen LogP contribution is -2.28. The van der Waals surface area contributed by atoms with E-state index in [-0.39, 0.29) is 22.8 Å². The molecule has 0 aromatic heterocycles. The molecule has 0 saturated carbocycles. The van der Waals surface area contributed by atoms with Crippen LogP contribution in [0.15, 0.2) is 47.4 Å². The highest BCUT2D eigenvalue weighted by molar-refractivity contribution is 7.91.